The molecule has 2 rings (SSSR count). The van der Waals surface area contributed by atoms with E-state index in [1.54, 1.807) is 0 Å². The molecule has 1 fully saturated rings. The molecule has 1 aliphatic heterocycles. The summed E-state index contributed by atoms with van der Waals surface area (Å²) in [5.41, 5.74) is 2.19. The molecule has 0 saturated carbocycles. The smallest absolute Gasteiger partial charge is 0.224 e. The molecule has 138 valence electrons. The van der Waals surface area contributed by atoms with Crippen molar-refractivity contribution in [3.8, 4) is 5.75 Å². The second-order valence-corrected chi connectivity index (χ2v) is 6.84. The van der Waals surface area contributed by atoms with Crippen molar-refractivity contribution >= 4 is 5.91 Å². The van der Waals surface area contributed by atoms with Gasteiger partial charge in [0.05, 0.1) is 5.92 Å². The number of nitrogens with one attached hydrogen (secondary N) is 1. The fourth-order valence-corrected chi connectivity index (χ4v) is 3.05. The van der Waals surface area contributed by atoms with Crippen molar-refractivity contribution in [1.82, 2.24) is 10.2 Å². The fraction of sp³-hybridized carbons (Fsp3) is 0.550. The zero-order valence-corrected chi connectivity index (χ0v) is 15.2. The fourth-order valence-electron chi connectivity index (χ4n) is 3.05. The minimum absolute atomic E-state index is 0.0373. The lowest BCUT2D eigenvalue weighted by molar-refractivity contribution is -0.126. The highest BCUT2D eigenvalue weighted by Crippen LogP contribution is 2.21. The largest absolute Gasteiger partial charge is 0.489 e. The molecule has 2 N–H and O–H groups in total. The standard InChI is InChI=1S/C20H30N2O3/c1-16(2)15-25-19-8-3-6-17(12-19)13-22-10-4-7-18(14-22)20(24)21-9-5-11-23/h3,6,8,12,18,23H,1,4-5,7,9-11,13-15H2,2H3,(H,21,24). The number of aliphatic hydroxyl groups excluding tert-OH is 1. The number of aliphatic hydroxyl groups is 1. The van der Waals surface area contributed by atoms with Crippen molar-refractivity contribution < 1.29 is 14.6 Å². The maximum absolute atomic E-state index is 12.2. The maximum atomic E-state index is 12.2. The number of amides is 1. The van der Waals surface area contributed by atoms with E-state index in [4.69, 9.17) is 9.84 Å². The van der Waals surface area contributed by atoms with Crippen LogP contribution in [0.5, 0.6) is 5.75 Å². The molecule has 1 amide bonds. The van der Waals surface area contributed by atoms with Gasteiger partial charge in [-0.3, -0.25) is 9.69 Å². The third kappa shape index (κ3) is 6.88. The van der Waals surface area contributed by atoms with Crippen LogP contribution in [0.3, 0.4) is 0 Å². The van der Waals surface area contributed by atoms with Crippen LogP contribution < -0.4 is 10.1 Å². The van der Waals surface area contributed by atoms with E-state index in [9.17, 15) is 4.79 Å². The summed E-state index contributed by atoms with van der Waals surface area (Å²) in [4.78, 5) is 14.6. The lowest BCUT2D eigenvalue weighted by atomic mass is 9.96. The molecule has 1 aromatic rings. The van der Waals surface area contributed by atoms with Crippen molar-refractivity contribution in [2.45, 2.75) is 32.7 Å². The average Bonchev–Trinajstić information content (AvgIpc) is 2.60. The summed E-state index contributed by atoms with van der Waals surface area (Å²) in [6, 6.07) is 8.12. The topological polar surface area (TPSA) is 61.8 Å². The number of carbonyl (C=O) groups excluding carboxylic acids is 1. The molecule has 25 heavy (non-hydrogen) atoms. The molecule has 1 aliphatic rings. The van der Waals surface area contributed by atoms with E-state index in [-0.39, 0.29) is 18.4 Å². The van der Waals surface area contributed by atoms with Gasteiger partial charge in [-0.2, -0.15) is 0 Å². The Bertz CT molecular complexity index is 574. The van der Waals surface area contributed by atoms with Crippen LogP contribution in [0.25, 0.3) is 0 Å². The summed E-state index contributed by atoms with van der Waals surface area (Å²) in [5.74, 6) is 1.00. The van der Waals surface area contributed by atoms with E-state index in [0.717, 1.165) is 43.8 Å². The molecule has 5 nitrogen and oxygen atoms in total. The van der Waals surface area contributed by atoms with Gasteiger partial charge in [0, 0.05) is 26.2 Å². The lowest BCUT2D eigenvalue weighted by Crippen LogP contribution is -2.43. The van der Waals surface area contributed by atoms with Gasteiger partial charge in [-0.25, -0.2) is 0 Å². The first-order chi connectivity index (χ1) is 12.1. The number of benzene rings is 1. The number of piperidine rings is 1. The number of carbonyl (C=O) groups is 1. The summed E-state index contributed by atoms with van der Waals surface area (Å²) in [6.07, 6.45) is 2.58. The summed E-state index contributed by atoms with van der Waals surface area (Å²) < 4.78 is 5.71. The molecule has 1 unspecified atom stereocenters. The zero-order valence-electron chi connectivity index (χ0n) is 15.2. The number of hydrogen-bond donors (Lipinski definition) is 2. The Morgan fingerprint density at radius 1 is 1.48 bits per heavy atom. The molecule has 0 radical (unpaired) electrons. The highest BCUT2D eigenvalue weighted by atomic mass is 16.5. The van der Waals surface area contributed by atoms with Crippen molar-refractivity contribution in [2.75, 3.05) is 32.8 Å². The molecular formula is C20H30N2O3. The quantitative estimate of drug-likeness (QED) is 0.532. The van der Waals surface area contributed by atoms with Gasteiger partial charge in [-0.15, -0.1) is 0 Å². The van der Waals surface area contributed by atoms with E-state index >= 15 is 0 Å². The van der Waals surface area contributed by atoms with Crippen LogP contribution in [0, 0.1) is 5.92 Å². The van der Waals surface area contributed by atoms with E-state index in [0.29, 0.717) is 19.6 Å². The minimum Gasteiger partial charge on any atom is -0.489 e. The minimum atomic E-state index is 0.0373. The highest BCUT2D eigenvalue weighted by molar-refractivity contribution is 5.78. The average molecular weight is 346 g/mol. The molecule has 0 aliphatic carbocycles. The Hall–Kier alpha value is -1.85. The number of nitrogens with zero attached hydrogens (tertiary/aromatic N) is 1. The number of rotatable bonds is 9. The number of hydrogen-bond acceptors (Lipinski definition) is 4. The third-order valence-electron chi connectivity index (χ3n) is 4.30. The summed E-state index contributed by atoms with van der Waals surface area (Å²) in [5, 5.41) is 11.7. The summed E-state index contributed by atoms with van der Waals surface area (Å²) in [6.45, 7) is 9.61. The van der Waals surface area contributed by atoms with E-state index in [1.165, 1.54) is 5.56 Å². The first-order valence-corrected chi connectivity index (χ1v) is 9.05. The molecule has 0 bridgehead atoms. The SMILES string of the molecule is C=C(C)COc1cccc(CN2CCCC(C(=O)NCCCO)C2)c1. The first-order valence-electron chi connectivity index (χ1n) is 9.05. The Morgan fingerprint density at radius 3 is 3.08 bits per heavy atom. The zero-order chi connectivity index (χ0) is 18.1. The number of ether oxygens (including phenoxy) is 1. The molecular weight excluding hydrogens is 316 g/mol. The van der Waals surface area contributed by atoms with Gasteiger partial charge in [0.25, 0.3) is 0 Å². The monoisotopic (exact) mass is 346 g/mol. The molecule has 1 saturated heterocycles. The van der Waals surface area contributed by atoms with Crippen LogP contribution in [-0.4, -0.2) is 48.8 Å². The van der Waals surface area contributed by atoms with E-state index in [2.05, 4.69) is 28.9 Å². The van der Waals surface area contributed by atoms with Crippen molar-refractivity contribution in [3.63, 3.8) is 0 Å². The normalized spacial score (nSPS) is 17.9. The van der Waals surface area contributed by atoms with Crippen molar-refractivity contribution in [1.29, 1.82) is 0 Å². The third-order valence-corrected chi connectivity index (χ3v) is 4.30. The molecule has 1 atom stereocenters. The highest BCUT2D eigenvalue weighted by Gasteiger charge is 2.25. The predicted octanol–water partition coefficient (Wildman–Crippen LogP) is 2.35. The second kappa shape index (κ2) is 10.2. The molecule has 5 heteroatoms. The molecule has 0 spiro atoms. The Kier molecular flexibility index (Phi) is 7.95. The van der Waals surface area contributed by atoms with Crippen LogP contribution in [-0.2, 0) is 11.3 Å². The van der Waals surface area contributed by atoms with Crippen molar-refractivity contribution in [3.05, 3.63) is 42.0 Å². The molecule has 0 aromatic heterocycles. The Labute approximate surface area is 150 Å². The van der Waals surface area contributed by atoms with Crippen LogP contribution in [0.1, 0.15) is 31.7 Å². The lowest BCUT2D eigenvalue weighted by Gasteiger charge is -2.32. The number of likely N-dealkylation sites (tertiary alicyclic amines) is 1. The Morgan fingerprint density at radius 2 is 2.32 bits per heavy atom. The predicted molar refractivity (Wildman–Crippen MR) is 99.5 cm³/mol. The van der Waals surface area contributed by atoms with Crippen molar-refractivity contribution in [2.24, 2.45) is 5.92 Å². The van der Waals surface area contributed by atoms with Gasteiger partial charge in [-0.1, -0.05) is 18.7 Å². The van der Waals surface area contributed by atoms with Crippen LogP contribution in [0.15, 0.2) is 36.4 Å². The first kappa shape index (κ1) is 19.5. The maximum Gasteiger partial charge on any atom is 0.224 e. The van der Waals surface area contributed by atoms with Gasteiger partial charge in [-0.05, 0) is 56.0 Å². The van der Waals surface area contributed by atoms with Gasteiger partial charge < -0.3 is 15.2 Å². The Balaban J connectivity index is 1.86. The van der Waals surface area contributed by atoms with Gasteiger partial charge in [0.1, 0.15) is 12.4 Å². The van der Waals surface area contributed by atoms with Crippen LogP contribution in [0.4, 0.5) is 0 Å². The molecule has 1 aromatic carbocycles. The van der Waals surface area contributed by atoms with Crippen LogP contribution >= 0.6 is 0 Å². The second-order valence-electron chi connectivity index (χ2n) is 6.84. The van der Waals surface area contributed by atoms with E-state index < -0.39 is 0 Å². The van der Waals surface area contributed by atoms with Crippen LogP contribution in [0.2, 0.25) is 0 Å². The summed E-state index contributed by atoms with van der Waals surface area (Å²) in [7, 11) is 0. The van der Waals surface area contributed by atoms with Gasteiger partial charge >= 0.3 is 0 Å². The van der Waals surface area contributed by atoms with E-state index in [1.807, 2.05) is 19.1 Å². The van der Waals surface area contributed by atoms with Gasteiger partial charge in [0.2, 0.25) is 5.91 Å². The van der Waals surface area contributed by atoms with Gasteiger partial charge in [0.15, 0.2) is 0 Å². The summed E-state index contributed by atoms with van der Waals surface area (Å²) >= 11 is 0. The molecule has 1 heterocycles.